The van der Waals surface area contributed by atoms with Crippen molar-refractivity contribution in [3.8, 4) is 11.5 Å². The number of aliphatic hydroxyl groups excluding tert-OH is 1. The van der Waals surface area contributed by atoms with Crippen LogP contribution < -0.4 is 25.5 Å². The van der Waals surface area contributed by atoms with Gasteiger partial charge < -0.3 is 34.5 Å². The van der Waals surface area contributed by atoms with Crippen LogP contribution in [0.2, 0.25) is 0 Å². The van der Waals surface area contributed by atoms with Gasteiger partial charge in [-0.1, -0.05) is 42.5 Å². The average Bonchev–Trinajstić information content (AvgIpc) is 3.30. The van der Waals surface area contributed by atoms with Crippen LogP contribution in [0.3, 0.4) is 0 Å². The zero-order chi connectivity index (χ0) is 32.8. The number of nitrogens with one attached hydrogen (secondary N) is 3. The van der Waals surface area contributed by atoms with Crippen molar-refractivity contribution in [1.29, 1.82) is 0 Å². The van der Waals surface area contributed by atoms with E-state index in [1.807, 2.05) is 48.7 Å². The van der Waals surface area contributed by atoms with Crippen LogP contribution in [-0.4, -0.2) is 54.4 Å². The number of methoxy groups -OCH3 is 1. The van der Waals surface area contributed by atoms with Gasteiger partial charge in [0.1, 0.15) is 12.4 Å². The Morgan fingerprint density at radius 3 is 2.63 bits per heavy atom. The van der Waals surface area contributed by atoms with Crippen LogP contribution in [-0.2, 0) is 16.1 Å². The highest BCUT2D eigenvalue weighted by atomic mass is 19.1. The van der Waals surface area contributed by atoms with Crippen molar-refractivity contribution in [2.75, 3.05) is 20.3 Å². The Bertz CT molecular complexity index is 1820. The molecule has 0 aliphatic carbocycles. The first-order valence-corrected chi connectivity index (χ1v) is 14.8. The van der Waals surface area contributed by atoms with E-state index in [1.165, 1.54) is 13.2 Å². The Balaban J connectivity index is 1.29. The van der Waals surface area contributed by atoms with Gasteiger partial charge in [0, 0.05) is 33.4 Å². The summed E-state index contributed by atoms with van der Waals surface area (Å²) in [5, 5.41) is 21.2. The molecule has 4 N–H and O–H groups in total. The summed E-state index contributed by atoms with van der Waals surface area (Å²) in [6, 6.07) is 18.3. The molecule has 240 valence electrons. The molecule has 2 amide bonds. The molecule has 1 aliphatic heterocycles. The summed E-state index contributed by atoms with van der Waals surface area (Å²) in [7, 11) is 1.27. The van der Waals surface area contributed by atoms with E-state index in [0.29, 0.717) is 41.5 Å². The number of hydrazone groups is 1. The highest BCUT2D eigenvalue weighted by Gasteiger charge is 2.32. The quantitative estimate of drug-likeness (QED) is 0.0775. The number of urea groups is 1. The van der Waals surface area contributed by atoms with Gasteiger partial charge in [0.2, 0.25) is 0 Å². The summed E-state index contributed by atoms with van der Waals surface area (Å²) in [5.74, 6) is -0.127. The molecule has 46 heavy (non-hydrogen) atoms. The minimum absolute atomic E-state index is 0.165. The normalized spacial score (nSPS) is 15.4. The number of benzene rings is 3. The van der Waals surface area contributed by atoms with Crippen LogP contribution in [0.25, 0.3) is 10.9 Å². The van der Waals surface area contributed by atoms with E-state index in [9.17, 15) is 19.1 Å². The number of rotatable bonds is 12. The number of fused-ring (bicyclic) bond motifs is 1. The molecule has 4 aromatic rings. The van der Waals surface area contributed by atoms with Crippen LogP contribution in [0.15, 0.2) is 83.1 Å². The van der Waals surface area contributed by atoms with E-state index in [0.717, 1.165) is 22.2 Å². The van der Waals surface area contributed by atoms with Gasteiger partial charge in [0.15, 0.2) is 17.7 Å². The van der Waals surface area contributed by atoms with Crippen molar-refractivity contribution in [2.24, 2.45) is 5.10 Å². The van der Waals surface area contributed by atoms with Gasteiger partial charge in [-0.3, -0.25) is 5.43 Å². The number of amides is 2. The third-order valence-corrected chi connectivity index (χ3v) is 7.66. The molecular weight excluding hydrogens is 593 g/mol. The predicted octanol–water partition coefficient (Wildman–Crippen LogP) is 4.66. The average molecular weight is 630 g/mol. The van der Waals surface area contributed by atoms with E-state index in [1.54, 1.807) is 43.5 Å². The third-order valence-electron chi connectivity index (χ3n) is 7.66. The lowest BCUT2D eigenvalue weighted by Gasteiger charge is -2.28. The van der Waals surface area contributed by atoms with Crippen LogP contribution in [0.1, 0.15) is 42.3 Å². The van der Waals surface area contributed by atoms with Crippen molar-refractivity contribution < 1.29 is 33.3 Å². The minimum Gasteiger partial charge on any atom is -0.490 e. The molecule has 11 nitrogen and oxygen atoms in total. The molecule has 0 spiro atoms. The molecule has 0 bridgehead atoms. The van der Waals surface area contributed by atoms with E-state index in [2.05, 4.69) is 21.2 Å². The van der Waals surface area contributed by atoms with Crippen LogP contribution in [0.5, 0.6) is 11.5 Å². The molecule has 0 saturated carbocycles. The monoisotopic (exact) mass is 629 g/mol. The third kappa shape index (κ3) is 6.81. The Morgan fingerprint density at radius 2 is 1.87 bits per heavy atom. The first-order valence-electron chi connectivity index (χ1n) is 14.8. The SMILES string of the molecule is CCOc1cc([C@H]2NC(=O)NC(C)=C2C(=O)OC)ccc1OC[C@H](O)N/N=C/c1c(C)n(Cc2ccccc2F)c2ccccc12. The predicted molar refractivity (Wildman–Crippen MR) is 171 cm³/mol. The van der Waals surface area contributed by atoms with Gasteiger partial charge in [-0.2, -0.15) is 5.10 Å². The molecule has 3 aromatic carbocycles. The number of carbonyl (C=O) groups excluding carboxylic acids is 2. The second kappa shape index (κ2) is 14.2. The number of allylic oxidation sites excluding steroid dienone is 1. The zero-order valence-corrected chi connectivity index (χ0v) is 26.0. The Hall–Kier alpha value is -5.36. The van der Waals surface area contributed by atoms with Crippen molar-refractivity contribution in [1.82, 2.24) is 20.6 Å². The summed E-state index contributed by atoms with van der Waals surface area (Å²) < 4.78 is 33.0. The molecule has 0 radical (unpaired) electrons. The molecule has 0 unspecified atom stereocenters. The van der Waals surface area contributed by atoms with Crippen molar-refractivity contribution in [3.63, 3.8) is 0 Å². The van der Waals surface area contributed by atoms with E-state index < -0.39 is 24.3 Å². The number of aromatic nitrogens is 1. The number of hydrogen-bond donors (Lipinski definition) is 4. The number of halogens is 1. The van der Waals surface area contributed by atoms with Gasteiger partial charge >= 0.3 is 12.0 Å². The summed E-state index contributed by atoms with van der Waals surface area (Å²) in [6.45, 7) is 5.91. The zero-order valence-electron chi connectivity index (χ0n) is 26.0. The lowest BCUT2D eigenvalue weighted by atomic mass is 9.95. The van der Waals surface area contributed by atoms with Gasteiger partial charge in [0.05, 0.1) is 38.1 Å². The number of hydrogen-bond acceptors (Lipinski definition) is 8. The van der Waals surface area contributed by atoms with Gasteiger partial charge in [-0.15, -0.1) is 0 Å². The first kappa shape index (κ1) is 32.0. The lowest BCUT2D eigenvalue weighted by molar-refractivity contribution is -0.136. The molecular formula is C34H36FN5O6. The maximum absolute atomic E-state index is 14.4. The van der Waals surface area contributed by atoms with Crippen molar-refractivity contribution >= 4 is 29.1 Å². The maximum Gasteiger partial charge on any atom is 0.337 e. The smallest absolute Gasteiger partial charge is 0.337 e. The number of nitrogens with zero attached hydrogens (tertiary/aromatic N) is 2. The van der Waals surface area contributed by atoms with Crippen molar-refractivity contribution in [3.05, 3.63) is 106 Å². The largest absolute Gasteiger partial charge is 0.490 e. The number of para-hydroxylation sites is 1. The maximum atomic E-state index is 14.4. The Labute approximate surface area is 265 Å². The Morgan fingerprint density at radius 1 is 1.11 bits per heavy atom. The van der Waals surface area contributed by atoms with Gasteiger partial charge in [-0.25, -0.2) is 14.0 Å². The van der Waals surface area contributed by atoms with Gasteiger partial charge in [-0.05, 0) is 50.6 Å². The number of carbonyl (C=O) groups is 2. The van der Waals surface area contributed by atoms with E-state index >= 15 is 0 Å². The molecule has 1 aliphatic rings. The molecule has 2 atom stereocenters. The van der Waals surface area contributed by atoms with E-state index in [4.69, 9.17) is 14.2 Å². The first-order chi connectivity index (χ1) is 22.2. The summed E-state index contributed by atoms with van der Waals surface area (Å²) in [4.78, 5) is 24.7. The second-order valence-electron chi connectivity index (χ2n) is 10.6. The second-order valence-corrected chi connectivity index (χ2v) is 10.6. The molecule has 0 saturated heterocycles. The number of aliphatic hydroxyl groups is 1. The van der Waals surface area contributed by atoms with Gasteiger partial charge in [0.25, 0.3) is 0 Å². The summed E-state index contributed by atoms with van der Waals surface area (Å²) >= 11 is 0. The fourth-order valence-electron chi connectivity index (χ4n) is 5.43. The molecule has 2 heterocycles. The van der Waals surface area contributed by atoms with Crippen LogP contribution >= 0.6 is 0 Å². The molecule has 1 aromatic heterocycles. The molecule has 5 rings (SSSR count). The summed E-state index contributed by atoms with van der Waals surface area (Å²) in [5.41, 5.74) is 7.17. The minimum atomic E-state index is -1.17. The topological polar surface area (TPSA) is 135 Å². The number of ether oxygens (including phenoxy) is 3. The lowest BCUT2D eigenvalue weighted by Crippen LogP contribution is -2.45. The van der Waals surface area contributed by atoms with Crippen LogP contribution in [0.4, 0.5) is 9.18 Å². The molecule has 0 fully saturated rings. The molecule has 12 heteroatoms. The fraction of sp³-hybridized carbons (Fsp3) is 0.265. The summed E-state index contributed by atoms with van der Waals surface area (Å²) in [6.07, 6.45) is 0.457. The fourth-order valence-corrected chi connectivity index (χ4v) is 5.43. The standard InChI is InChI=1S/C34H36FN5O6/c1-5-45-29-16-22(32-31(33(42)44-4)20(2)37-34(43)38-32)14-15-28(29)46-19-30(41)39-36-17-25-21(3)40(27-13-9-7-11-24(25)27)18-23-10-6-8-12-26(23)35/h6-17,30,32,39,41H,5,18-19H2,1-4H3,(H2,37,38,43)/b36-17+/t30-,32+/m0/s1. The number of esters is 1. The van der Waals surface area contributed by atoms with E-state index in [-0.39, 0.29) is 18.0 Å². The van der Waals surface area contributed by atoms with Crippen molar-refractivity contribution in [2.45, 2.75) is 39.6 Å². The Kier molecular flexibility index (Phi) is 9.87. The van der Waals surface area contributed by atoms with Crippen LogP contribution in [0, 0.1) is 12.7 Å². The highest BCUT2D eigenvalue weighted by Crippen LogP contribution is 2.35. The highest BCUT2D eigenvalue weighted by molar-refractivity contribution is 6.01.